The Kier molecular flexibility index (Phi) is 4.56. The Morgan fingerprint density at radius 2 is 1.96 bits per heavy atom. The maximum atomic E-state index is 13.2. The van der Waals surface area contributed by atoms with Gasteiger partial charge in [0, 0.05) is 50.1 Å². The molecule has 0 radical (unpaired) electrons. The van der Waals surface area contributed by atoms with Gasteiger partial charge < -0.3 is 10.2 Å². The molecule has 2 aromatic heterocycles. The fourth-order valence-corrected chi connectivity index (χ4v) is 2.57. The topological polar surface area (TPSA) is 71.0 Å². The molecule has 3 rings (SSSR count). The van der Waals surface area contributed by atoms with E-state index >= 15 is 0 Å². The summed E-state index contributed by atoms with van der Waals surface area (Å²) >= 11 is 0. The Hall–Kier alpha value is -2.71. The number of nitrogens with zero attached hydrogens (tertiary/aromatic N) is 4. The van der Waals surface area contributed by atoms with Gasteiger partial charge in [0.1, 0.15) is 5.82 Å². The first-order chi connectivity index (χ1) is 11.8. The van der Waals surface area contributed by atoms with Crippen molar-refractivity contribution in [3.63, 3.8) is 0 Å². The summed E-state index contributed by atoms with van der Waals surface area (Å²) in [7, 11) is 1.70. The van der Waals surface area contributed by atoms with E-state index in [9.17, 15) is 18.0 Å². The number of carbonyl (C=O) groups excluding carboxylic acids is 1. The predicted octanol–water partition coefficient (Wildman–Crippen LogP) is 2.59. The van der Waals surface area contributed by atoms with E-state index in [0.717, 1.165) is 6.07 Å². The van der Waals surface area contributed by atoms with Crippen LogP contribution in [-0.2, 0) is 11.0 Å². The van der Waals surface area contributed by atoms with Crippen LogP contribution < -0.4 is 5.32 Å². The molecule has 0 bridgehead atoms. The number of likely N-dealkylation sites (tertiary alicyclic amines) is 1. The SMILES string of the molecule is CN1CCC(Nc2cc(C(F)(F)F)nc(-c3ccncc3)n2)CC1=O. The number of hydrogen-bond donors (Lipinski definition) is 1. The van der Waals surface area contributed by atoms with Crippen LogP contribution in [0.15, 0.2) is 30.6 Å². The lowest BCUT2D eigenvalue weighted by Crippen LogP contribution is -2.41. The zero-order valence-corrected chi connectivity index (χ0v) is 13.4. The predicted molar refractivity (Wildman–Crippen MR) is 84.5 cm³/mol. The number of anilines is 1. The smallest absolute Gasteiger partial charge is 0.367 e. The summed E-state index contributed by atoms with van der Waals surface area (Å²) in [5, 5.41) is 2.94. The largest absolute Gasteiger partial charge is 0.433 e. The molecule has 0 aliphatic carbocycles. The molecule has 1 atom stereocenters. The second kappa shape index (κ2) is 6.66. The van der Waals surface area contributed by atoms with Gasteiger partial charge in [-0.05, 0) is 18.6 Å². The highest BCUT2D eigenvalue weighted by molar-refractivity contribution is 5.77. The van der Waals surface area contributed by atoms with Crippen molar-refractivity contribution in [2.24, 2.45) is 0 Å². The number of nitrogens with one attached hydrogen (secondary N) is 1. The van der Waals surface area contributed by atoms with Gasteiger partial charge >= 0.3 is 6.18 Å². The van der Waals surface area contributed by atoms with Crippen molar-refractivity contribution in [1.29, 1.82) is 0 Å². The van der Waals surface area contributed by atoms with Gasteiger partial charge in [-0.25, -0.2) is 9.97 Å². The summed E-state index contributed by atoms with van der Waals surface area (Å²) in [4.78, 5) is 25.0. The van der Waals surface area contributed by atoms with Crippen LogP contribution in [0, 0.1) is 0 Å². The molecule has 9 heteroatoms. The van der Waals surface area contributed by atoms with Crippen molar-refractivity contribution in [3.8, 4) is 11.4 Å². The van der Waals surface area contributed by atoms with Gasteiger partial charge in [0.25, 0.3) is 0 Å². The van der Waals surface area contributed by atoms with Gasteiger partial charge in [-0.3, -0.25) is 9.78 Å². The number of carbonyl (C=O) groups is 1. The van der Waals surface area contributed by atoms with E-state index in [-0.39, 0.29) is 30.0 Å². The first-order valence-electron chi connectivity index (χ1n) is 7.70. The molecule has 0 spiro atoms. The minimum absolute atomic E-state index is 0.0426. The normalized spacial score (nSPS) is 18.3. The summed E-state index contributed by atoms with van der Waals surface area (Å²) in [5.74, 6) is -0.0429. The molecular weight excluding hydrogens is 335 g/mol. The highest BCUT2D eigenvalue weighted by Gasteiger charge is 2.34. The number of alkyl halides is 3. The van der Waals surface area contributed by atoms with Crippen LogP contribution in [0.2, 0.25) is 0 Å². The average molecular weight is 351 g/mol. The number of rotatable bonds is 3. The van der Waals surface area contributed by atoms with Crippen LogP contribution in [0.25, 0.3) is 11.4 Å². The Bertz CT molecular complexity index is 766. The molecule has 1 saturated heterocycles. The molecule has 3 heterocycles. The number of hydrogen-bond acceptors (Lipinski definition) is 5. The Morgan fingerprint density at radius 3 is 2.60 bits per heavy atom. The minimum atomic E-state index is -4.59. The number of piperidine rings is 1. The molecule has 1 fully saturated rings. The summed E-state index contributed by atoms with van der Waals surface area (Å²) < 4.78 is 39.5. The van der Waals surface area contributed by atoms with Crippen LogP contribution >= 0.6 is 0 Å². The maximum Gasteiger partial charge on any atom is 0.433 e. The van der Waals surface area contributed by atoms with Gasteiger partial charge in [0.05, 0.1) is 0 Å². The Labute approximate surface area is 142 Å². The molecule has 1 N–H and O–H groups in total. The van der Waals surface area contributed by atoms with Crippen LogP contribution in [0.5, 0.6) is 0 Å². The molecule has 6 nitrogen and oxygen atoms in total. The van der Waals surface area contributed by atoms with E-state index in [2.05, 4.69) is 20.3 Å². The summed E-state index contributed by atoms with van der Waals surface area (Å²) in [5.41, 5.74) is -0.598. The van der Waals surface area contributed by atoms with Gasteiger partial charge in [-0.2, -0.15) is 13.2 Å². The zero-order valence-electron chi connectivity index (χ0n) is 13.4. The third kappa shape index (κ3) is 4.04. The molecule has 0 saturated carbocycles. The lowest BCUT2D eigenvalue weighted by molar-refractivity contribution is -0.141. The van der Waals surface area contributed by atoms with Crippen molar-refractivity contribution in [2.45, 2.75) is 25.1 Å². The highest BCUT2D eigenvalue weighted by atomic mass is 19.4. The minimum Gasteiger partial charge on any atom is -0.367 e. The average Bonchev–Trinajstić information content (AvgIpc) is 2.58. The molecular formula is C16H16F3N5O. The van der Waals surface area contributed by atoms with Crippen molar-refractivity contribution in [3.05, 3.63) is 36.3 Å². The molecule has 1 amide bonds. The second-order valence-corrected chi connectivity index (χ2v) is 5.85. The van der Waals surface area contributed by atoms with Crippen molar-refractivity contribution < 1.29 is 18.0 Å². The summed E-state index contributed by atoms with van der Waals surface area (Å²) in [6.45, 7) is 0.547. The molecule has 2 aromatic rings. The van der Waals surface area contributed by atoms with E-state index in [1.54, 1.807) is 24.1 Å². The lowest BCUT2D eigenvalue weighted by atomic mass is 10.0. The number of pyridine rings is 1. The van der Waals surface area contributed by atoms with E-state index in [1.807, 2.05) is 0 Å². The molecule has 1 aliphatic heterocycles. The molecule has 132 valence electrons. The maximum absolute atomic E-state index is 13.2. The number of aromatic nitrogens is 3. The zero-order chi connectivity index (χ0) is 18.0. The van der Waals surface area contributed by atoms with Crippen molar-refractivity contribution >= 4 is 11.7 Å². The Balaban J connectivity index is 1.92. The van der Waals surface area contributed by atoms with Crippen molar-refractivity contribution in [2.75, 3.05) is 18.9 Å². The first kappa shape index (κ1) is 17.1. The molecule has 1 unspecified atom stereocenters. The second-order valence-electron chi connectivity index (χ2n) is 5.85. The third-order valence-corrected chi connectivity index (χ3v) is 3.97. The quantitative estimate of drug-likeness (QED) is 0.920. The fraction of sp³-hybridized carbons (Fsp3) is 0.375. The van der Waals surface area contributed by atoms with Crippen LogP contribution in [0.1, 0.15) is 18.5 Å². The number of halogens is 3. The van der Waals surface area contributed by atoms with Gasteiger partial charge in [-0.15, -0.1) is 0 Å². The van der Waals surface area contributed by atoms with E-state index in [4.69, 9.17) is 0 Å². The molecule has 0 aromatic carbocycles. The Morgan fingerprint density at radius 1 is 1.24 bits per heavy atom. The number of amides is 1. The fourth-order valence-electron chi connectivity index (χ4n) is 2.57. The molecule has 1 aliphatic rings. The van der Waals surface area contributed by atoms with Gasteiger partial charge in [0.15, 0.2) is 11.5 Å². The lowest BCUT2D eigenvalue weighted by Gasteiger charge is -2.29. The van der Waals surface area contributed by atoms with E-state index in [0.29, 0.717) is 18.5 Å². The van der Waals surface area contributed by atoms with E-state index < -0.39 is 11.9 Å². The monoisotopic (exact) mass is 351 g/mol. The van der Waals surface area contributed by atoms with E-state index in [1.165, 1.54) is 12.4 Å². The standard InChI is InChI=1S/C16H16F3N5O/c1-24-7-4-11(8-14(24)25)21-13-9-12(16(17,18)19)22-15(23-13)10-2-5-20-6-3-10/h2-3,5-6,9,11H,4,7-8H2,1H3,(H,21,22,23). The summed E-state index contributed by atoms with van der Waals surface area (Å²) in [6.07, 6.45) is -0.822. The molecule has 25 heavy (non-hydrogen) atoms. The first-order valence-corrected chi connectivity index (χ1v) is 7.70. The van der Waals surface area contributed by atoms with Crippen LogP contribution in [0.4, 0.5) is 19.0 Å². The van der Waals surface area contributed by atoms with Gasteiger partial charge in [-0.1, -0.05) is 0 Å². The van der Waals surface area contributed by atoms with Gasteiger partial charge in [0.2, 0.25) is 5.91 Å². The summed E-state index contributed by atoms with van der Waals surface area (Å²) in [6, 6.07) is 3.69. The van der Waals surface area contributed by atoms with Crippen molar-refractivity contribution in [1.82, 2.24) is 19.9 Å². The highest BCUT2D eigenvalue weighted by Crippen LogP contribution is 2.31. The van der Waals surface area contributed by atoms with Crippen LogP contribution in [0.3, 0.4) is 0 Å². The third-order valence-electron chi connectivity index (χ3n) is 3.97. The van der Waals surface area contributed by atoms with Crippen LogP contribution in [-0.4, -0.2) is 45.4 Å².